The second kappa shape index (κ2) is 8.71. The first-order valence-electron chi connectivity index (χ1n) is 6.26. The second-order valence-electron chi connectivity index (χ2n) is 4.19. The minimum Gasteiger partial charge on any atom is -0.409 e. The van der Waals surface area contributed by atoms with Crippen molar-refractivity contribution < 1.29 is 14.7 Å². The smallest absolute Gasteiger partial charge is 0.224 e. The third kappa shape index (κ3) is 5.83. The number of amides is 1. The van der Waals surface area contributed by atoms with Gasteiger partial charge in [-0.15, -0.1) is 0 Å². The quantitative estimate of drug-likeness (QED) is 0.185. The van der Waals surface area contributed by atoms with Gasteiger partial charge in [-0.1, -0.05) is 5.16 Å². The van der Waals surface area contributed by atoms with Crippen LogP contribution in [0.1, 0.15) is 19.3 Å². The van der Waals surface area contributed by atoms with Crippen molar-refractivity contribution in [3.8, 4) is 0 Å². The predicted octanol–water partition coefficient (Wildman–Crippen LogP) is -0.648. The Balaban J connectivity index is 1.98. The molecule has 0 saturated carbocycles. The zero-order valence-electron chi connectivity index (χ0n) is 10.6. The van der Waals surface area contributed by atoms with E-state index < -0.39 is 0 Å². The van der Waals surface area contributed by atoms with E-state index in [1.807, 2.05) is 4.90 Å². The molecule has 0 aromatic carbocycles. The van der Waals surface area contributed by atoms with Crippen molar-refractivity contribution >= 4 is 11.7 Å². The lowest BCUT2D eigenvalue weighted by molar-refractivity contribution is -0.135. The maximum Gasteiger partial charge on any atom is 0.224 e. The van der Waals surface area contributed by atoms with E-state index in [1.165, 1.54) is 0 Å². The maximum absolute atomic E-state index is 11.7. The summed E-state index contributed by atoms with van der Waals surface area (Å²) in [6, 6.07) is 0. The van der Waals surface area contributed by atoms with Gasteiger partial charge in [0, 0.05) is 32.5 Å². The van der Waals surface area contributed by atoms with Gasteiger partial charge in [-0.3, -0.25) is 4.79 Å². The number of nitrogens with one attached hydrogen (secondary N) is 1. The first-order chi connectivity index (χ1) is 8.74. The summed E-state index contributed by atoms with van der Waals surface area (Å²) >= 11 is 0. The summed E-state index contributed by atoms with van der Waals surface area (Å²) in [7, 11) is 0. The van der Waals surface area contributed by atoms with Crippen molar-refractivity contribution in [2.75, 3.05) is 39.4 Å². The number of nitrogens with two attached hydrogens (primary N) is 1. The Bertz CT molecular complexity index is 277. The fourth-order valence-electron chi connectivity index (χ4n) is 1.74. The minimum atomic E-state index is 0.169. The van der Waals surface area contributed by atoms with Crippen LogP contribution in [-0.2, 0) is 9.53 Å². The Kier molecular flexibility index (Phi) is 7.12. The summed E-state index contributed by atoms with van der Waals surface area (Å²) < 4.78 is 5.19. The van der Waals surface area contributed by atoms with Gasteiger partial charge in [0.25, 0.3) is 0 Å². The number of morpholine rings is 1. The Morgan fingerprint density at radius 1 is 1.33 bits per heavy atom. The molecule has 0 aliphatic carbocycles. The summed E-state index contributed by atoms with van der Waals surface area (Å²) in [4.78, 5) is 13.6. The van der Waals surface area contributed by atoms with Crippen LogP contribution in [-0.4, -0.2) is 61.2 Å². The average Bonchev–Trinajstić information content (AvgIpc) is 2.43. The van der Waals surface area contributed by atoms with E-state index in [9.17, 15) is 4.79 Å². The topological polar surface area (TPSA) is 100 Å². The normalized spacial score (nSPS) is 16.9. The van der Waals surface area contributed by atoms with E-state index in [4.69, 9.17) is 15.7 Å². The first-order valence-corrected chi connectivity index (χ1v) is 6.26. The Morgan fingerprint density at radius 3 is 2.72 bits per heavy atom. The van der Waals surface area contributed by atoms with Crippen LogP contribution in [0.15, 0.2) is 5.16 Å². The van der Waals surface area contributed by atoms with Crippen molar-refractivity contribution in [2.45, 2.75) is 19.3 Å². The van der Waals surface area contributed by atoms with Crippen molar-refractivity contribution in [3.05, 3.63) is 0 Å². The van der Waals surface area contributed by atoms with Gasteiger partial charge in [0.15, 0.2) is 0 Å². The lowest BCUT2D eigenvalue weighted by Gasteiger charge is -2.26. The monoisotopic (exact) mass is 258 g/mol. The molecular weight excluding hydrogens is 236 g/mol. The molecule has 0 spiro atoms. The largest absolute Gasteiger partial charge is 0.409 e. The fourth-order valence-corrected chi connectivity index (χ4v) is 1.74. The Labute approximate surface area is 107 Å². The molecule has 0 unspecified atom stereocenters. The minimum absolute atomic E-state index is 0.169. The SMILES string of the molecule is NC(CCCNCCC(=O)N1CCOCC1)=NO. The van der Waals surface area contributed by atoms with Crippen LogP contribution in [0.5, 0.6) is 0 Å². The van der Waals surface area contributed by atoms with Crippen molar-refractivity contribution in [1.82, 2.24) is 10.2 Å². The second-order valence-corrected chi connectivity index (χ2v) is 4.19. The molecule has 0 aromatic rings. The van der Waals surface area contributed by atoms with Crippen LogP contribution in [0.3, 0.4) is 0 Å². The van der Waals surface area contributed by atoms with Crippen LogP contribution in [0.4, 0.5) is 0 Å². The molecule has 0 radical (unpaired) electrons. The third-order valence-electron chi connectivity index (χ3n) is 2.79. The Hall–Kier alpha value is -1.34. The highest BCUT2D eigenvalue weighted by atomic mass is 16.5. The van der Waals surface area contributed by atoms with Gasteiger partial charge in [-0.05, 0) is 13.0 Å². The van der Waals surface area contributed by atoms with E-state index in [1.54, 1.807) is 0 Å². The van der Waals surface area contributed by atoms with Gasteiger partial charge in [-0.25, -0.2) is 0 Å². The number of rotatable bonds is 7. The van der Waals surface area contributed by atoms with Gasteiger partial charge >= 0.3 is 0 Å². The molecule has 7 nitrogen and oxygen atoms in total. The number of hydrogen-bond acceptors (Lipinski definition) is 5. The molecule has 1 heterocycles. The molecule has 18 heavy (non-hydrogen) atoms. The lowest BCUT2D eigenvalue weighted by Crippen LogP contribution is -2.41. The molecular formula is C11H22N4O3. The molecule has 104 valence electrons. The molecule has 1 aliphatic rings. The summed E-state index contributed by atoms with van der Waals surface area (Å²) in [5, 5.41) is 14.4. The van der Waals surface area contributed by atoms with E-state index >= 15 is 0 Å². The zero-order chi connectivity index (χ0) is 13.2. The van der Waals surface area contributed by atoms with Crippen LogP contribution < -0.4 is 11.1 Å². The highest BCUT2D eigenvalue weighted by Crippen LogP contribution is 1.99. The molecule has 1 rings (SSSR count). The first kappa shape index (κ1) is 14.7. The number of hydrogen-bond donors (Lipinski definition) is 3. The number of carbonyl (C=O) groups excluding carboxylic acids is 1. The van der Waals surface area contributed by atoms with Gasteiger partial charge in [0.05, 0.1) is 13.2 Å². The number of ether oxygens (including phenoxy) is 1. The number of oxime groups is 1. The van der Waals surface area contributed by atoms with E-state index in [0.717, 1.165) is 13.0 Å². The van der Waals surface area contributed by atoms with Crippen LogP contribution in [0.25, 0.3) is 0 Å². The third-order valence-corrected chi connectivity index (χ3v) is 2.79. The van der Waals surface area contributed by atoms with Crippen molar-refractivity contribution in [2.24, 2.45) is 10.9 Å². The number of nitrogens with zero attached hydrogens (tertiary/aromatic N) is 2. The lowest BCUT2D eigenvalue weighted by atomic mass is 10.3. The highest BCUT2D eigenvalue weighted by Gasteiger charge is 2.15. The summed E-state index contributed by atoms with van der Waals surface area (Å²) in [5.41, 5.74) is 5.33. The summed E-state index contributed by atoms with van der Waals surface area (Å²) in [5.74, 6) is 0.406. The fraction of sp³-hybridized carbons (Fsp3) is 0.818. The molecule has 1 aliphatic heterocycles. The molecule has 1 saturated heterocycles. The molecule has 1 fully saturated rings. The molecule has 1 amide bonds. The summed E-state index contributed by atoms with van der Waals surface area (Å²) in [6.45, 7) is 4.08. The molecule has 7 heteroatoms. The van der Waals surface area contributed by atoms with Crippen LogP contribution in [0, 0.1) is 0 Å². The number of carbonyl (C=O) groups is 1. The standard InChI is InChI=1S/C11H22N4O3/c12-10(14-17)2-1-4-13-5-3-11(16)15-6-8-18-9-7-15/h13,17H,1-9H2,(H2,12,14). The average molecular weight is 258 g/mol. The van der Waals surface area contributed by atoms with E-state index in [-0.39, 0.29) is 11.7 Å². The van der Waals surface area contributed by atoms with Crippen LogP contribution >= 0.6 is 0 Å². The van der Waals surface area contributed by atoms with Gasteiger partial charge in [-0.2, -0.15) is 0 Å². The van der Waals surface area contributed by atoms with Gasteiger partial charge in [0.2, 0.25) is 5.91 Å². The van der Waals surface area contributed by atoms with Gasteiger partial charge < -0.3 is 25.9 Å². The maximum atomic E-state index is 11.7. The Morgan fingerprint density at radius 2 is 2.06 bits per heavy atom. The van der Waals surface area contributed by atoms with Crippen molar-refractivity contribution in [1.29, 1.82) is 0 Å². The predicted molar refractivity (Wildman–Crippen MR) is 67.5 cm³/mol. The van der Waals surface area contributed by atoms with Gasteiger partial charge in [0.1, 0.15) is 5.84 Å². The highest BCUT2D eigenvalue weighted by molar-refractivity contribution is 5.79. The van der Waals surface area contributed by atoms with E-state index in [2.05, 4.69) is 10.5 Å². The van der Waals surface area contributed by atoms with Crippen molar-refractivity contribution in [3.63, 3.8) is 0 Å². The zero-order valence-corrected chi connectivity index (χ0v) is 10.6. The molecule has 4 N–H and O–H groups in total. The van der Waals surface area contributed by atoms with E-state index in [0.29, 0.717) is 45.7 Å². The van der Waals surface area contributed by atoms with Crippen LogP contribution in [0.2, 0.25) is 0 Å². The number of amidine groups is 1. The molecule has 0 atom stereocenters. The summed E-state index contributed by atoms with van der Waals surface area (Å²) in [6.07, 6.45) is 1.85. The molecule has 0 bridgehead atoms. The molecule has 0 aromatic heterocycles.